The molecule has 0 amide bonds. The Kier molecular flexibility index (Phi) is 4.04. The molecule has 0 fully saturated rings. The van der Waals surface area contributed by atoms with E-state index in [-0.39, 0.29) is 11.6 Å². The van der Waals surface area contributed by atoms with Gasteiger partial charge in [0.2, 0.25) is 0 Å². The van der Waals surface area contributed by atoms with E-state index < -0.39 is 0 Å². The van der Waals surface area contributed by atoms with Crippen molar-refractivity contribution in [2.45, 2.75) is 20.4 Å². The first-order valence-electron chi connectivity index (χ1n) is 6.01. The van der Waals surface area contributed by atoms with Crippen molar-refractivity contribution in [1.29, 1.82) is 0 Å². The molecule has 0 atom stereocenters. The smallest absolute Gasteiger partial charge is 0.174 e. The molecule has 0 bridgehead atoms. The Balaban J connectivity index is 2.15. The summed E-state index contributed by atoms with van der Waals surface area (Å²) in [6, 6.07) is 1.70. The van der Waals surface area contributed by atoms with E-state index in [4.69, 9.17) is 0 Å². The third-order valence-corrected chi connectivity index (χ3v) is 2.57. The van der Waals surface area contributed by atoms with Crippen LogP contribution in [0.15, 0.2) is 31.0 Å². The van der Waals surface area contributed by atoms with Crippen molar-refractivity contribution in [3.63, 3.8) is 0 Å². The second kappa shape index (κ2) is 5.73. The molecule has 0 spiro atoms. The quantitative estimate of drug-likeness (QED) is 0.881. The van der Waals surface area contributed by atoms with E-state index in [2.05, 4.69) is 29.1 Å². The van der Waals surface area contributed by atoms with E-state index in [9.17, 15) is 4.39 Å². The van der Waals surface area contributed by atoms with Gasteiger partial charge < -0.3 is 5.32 Å². The highest BCUT2D eigenvalue weighted by atomic mass is 19.1. The fourth-order valence-corrected chi connectivity index (χ4v) is 1.67. The number of nitrogens with one attached hydrogen (secondary N) is 1. The maximum Gasteiger partial charge on any atom is 0.174 e. The van der Waals surface area contributed by atoms with E-state index in [0.717, 1.165) is 6.54 Å². The van der Waals surface area contributed by atoms with Crippen molar-refractivity contribution in [2.24, 2.45) is 5.92 Å². The van der Waals surface area contributed by atoms with Gasteiger partial charge in [-0.25, -0.2) is 14.4 Å². The van der Waals surface area contributed by atoms with Crippen LogP contribution in [-0.4, -0.2) is 21.1 Å². The van der Waals surface area contributed by atoms with Crippen molar-refractivity contribution in [2.75, 3.05) is 6.54 Å². The summed E-state index contributed by atoms with van der Waals surface area (Å²) in [6.07, 6.45) is 6.43. The summed E-state index contributed by atoms with van der Waals surface area (Å²) >= 11 is 0. The topological polar surface area (TPSA) is 42.7 Å². The Labute approximate surface area is 106 Å². The molecule has 0 unspecified atom stereocenters. The molecule has 18 heavy (non-hydrogen) atoms. The maximum absolute atomic E-state index is 14.2. The minimum absolute atomic E-state index is 0.288. The van der Waals surface area contributed by atoms with Gasteiger partial charge in [0.15, 0.2) is 11.6 Å². The summed E-state index contributed by atoms with van der Waals surface area (Å²) in [5.41, 5.74) is 0.620. The first kappa shape index (κ1) is 12.7. The minimum Gasteiger partial charge on any atom is -0.312 e. The zero-order valence-electron chi connectivity index (χ0n) is 10.6. The number of halogens is 1. The van der Waals surface area contributed by atoms with Gasteiger partial charge in [0.05, 0.1) is 0 Å². The molecular formula is C13H17FN4. The molecule has 0 aromatic carbocycles. The van der Waals surface area contributed by atoms with E-state index in [1.807, 2.05) is 0 Å². The van der Waals surface area contributed by atoms with Crippen LogP contribution < -0.4 is 5.32 Å². The number of nitrogens with zero attached hydrogens (tertiary/aromatic N) is 3. The van der Waals surface area contributed by atoms with Crippen LogP contribution >= 0.6 is 0 Å². The zero-order valence-corrected chi connectivity index (χ0v) is 10.6. The van der Waals surface area contributed by atoms with E-state index in [1.54, 1.807) is 29.2 Å². The van der Waals surface area contributed by atoms with Gasteiger partial charge in [0.25, 0.3) is 0 Å². The van der Waals surface area contributed by atoms with Gasteiger partial charge in [-0.15, -0.1) is 0 Å². The summed E-state index contributed by atoms with van der Waals surface area (Å²) in [5, 5.41) is 3.22. The van der Waals surface area contributed by atoms with Gasteiger partial charge in [-0.1, -0.05) is 13.8 Å². The lowest BCUT2D eigenvalue weighted by atomic mass is 10.2. The molecule has 2 heterocycles. The highest BCUT2D eigenvalue weighted by Crippen LogP contribution is 2.14. The third-order valence-electron chi connectivity index (χ3n) is 2.57. The highest BCUT2D eigenvalue weighted by Gasteiger charge is 2.10. The Morgan fingerprint density at radius 3 is 2.89 bits per heavy atom. The van der Waals surface area contributed by atoms with Crippen LogP contribution in [0.4, 0.5) is 4.39 Å². The number of pyridine rings is 1. The highest BCUT2D eigenvalue weighted by molar-refractivity contribution is 5.30. The Morgan fingerprint density at radius 2 is 2.22 bits per heavy atom. The zero-order chi connectivity index (χ0) is 13.0. The van der Waals surface area contributed by atoms with E-state index >= 15 is 0 Å². The summed E-state index contributed by atoms with van der Waals surface area (Å²) in [5.74, 6) is 0.533. The second-order valence-electron chi connectivity index (χ2n) is 4.60. The standard InChI is InChI=1S/C13H17FN4/c1-10(2)7-16-8-11-3-4-17-13(12(11)14)18-6-5-15-9-18/h3-6,9-10,16H,7-8H2,1-2H3. The lowest BCUT2D eigenvalue weighted by molar-refractivity contribution is 0.531. The van der Waals surface area contributed by atoms with Crippen molar-refractivity contribution >= 4 is 0 Å². The molecule has 1 N–H and O–H groups in total. The van der Waals surface area contributed by atoms with Gasteiger partial charge in [-0.05, 0) is 18.5 Å². The maximum atomic E-state index is 14.2. The van der Waals surface area contributed by atoms with Crippen LogP contribution in [-0.2, 0) is 6.54 Å². The van der Waals surface area contributed by atoms with Crippen LogP contribution in [0.5, 0.6) is 0 Å². The van der Waals surface area contributed by atoms with Crippen LogP contribution in [0.3, 0.4) is 0 Å². The molecule has 2 aromatic heterocycles. The van der Waals surface area contributed by atoms with Gasteiger partial charge in [0.1, 0.15) is 6.33 Å². The predicted octanol–water partition coefficient (Wildman–Crippen LogP) is 2.15. The molecule has 0 radical (unpaired) electrons. The Morgan fingerprint density at radius 1 is 1.39 bits per heavy atom. The predicted molar refractivity (Wildman–Crippen MR) is 67.9 cm³/mol. The molecule has 0 aliphatic heterocycles. The second-order valence-corrected chi connectivity index (χ2v) is 4.60. The minimum atomic E-state index is -0.299. The van der Waals surface area contributed by atoms with Gasteiger partial charge in [-0.2, -0.15) is 0 Å². The molecule has 0 saturated carbocycles. The number of aromatic nitrogens is 3. The first-order valence-corrected chi connectivity index (χ1v) is 6.01. The van der Waals surface area contributed by atoms with Crippen LogP contribution in [0.1, 0.15) is 19.4 Å². The Bertz CT molecular complexity index is 494. The third kappa shape index (κ3) is 2.92. The Hall–Kier alpha value is -1.75. The summed E-state index contributed by atoms with van der Waals surface area (Å²) in [4.78, 5) is 7.94. The van der Waals surface area contributed by atoms with Crippen molar-refractivity contribution in [1.82, 2.24) is 19.9 Å². The van der Waals surface area contributed by atoms with Crippen LogP contribution in [0, 0.1) is 11.7 Å². The largest absolute Gasteiger partial charge is 0.312 e. The van der Waals surface area contributed by atoms with E-state index in [0.29, 0.717) is 18.0 Å². The van der Waals surface area contributed by atoms with Crippen LogP contribution in [0.2, 0.25) is 0 Å². The average Bonchev–Trinajstić information content (AvgIpc) is 2.84. The average molecular weight is 248 g/mol. The molecule has 2 aromatic rings. The lowest BCUT2D eigenvalue weighted by Gasteiger charge is -2.10. The molecule has 0 aliphatic rings. The lowest BCUT2D eigenvalue weighted by Crippen LogP contribution is -2.20. The molecule has 2 rings (SSSR count). The molecule has 0 aliphatic carbocycles. The molecule has 96 valence electrons. The van der Waals surface area contributed by atoms with Gasteiger partial charge >= 0.3 is 0 Å². The van der Waals surface area contributed by atoms with Gasteiger partial charge in [-0.3, -0.25) is 4.57 Å². The van der Waals surface area contributed by atoms with Crippen molar-refractivity contribution in [3.8, 4) is 5.82 Å². The van der Waals surface area contributed by atoms with Crippen molar-refractivity contribution in [3.05, 3.63) is 42.4 Å². The monoisotopic (exact) mass is 248 g/mol. The number of hydrogen-bond acceptors (Lipinski definition) is 3. The summed E-state index contributed by atoms with van der Waals surface area (Å²) in [7, 11) is 0. The van der Waals surface area contributed by atoms with E-state index in [1.165, 1.54) is 6.33 Å². The number of hydrogen-bond donors (Lipinski definition) is 1. The van der Waals surface area contributed by atoms with Crippen molar-refractivity contribution < 1.29 is 4.39 Å². The molecule has 4 nitrogen and oxygen atoms in total. The summed E-state index contributed by atoms with van der Waals surface area (Å²) in [6.45, 7) is 5.61. The first-order chi connectivity index (χ1) is 8.68. The SMILES string of the molecule is CC(C)CNCc1ccnc(-n2ccnc2)c1F. The fourth-order valence-electron chi connectivity index (χ4n) is 1.67. The molecule has 0 saturated heterocycles. The molecule has 5 heteroatoms. The number of imidazole rings is 1. The normalized spacial score (nSPS) is 11.1. The molecular weight excluding hydrogens is 231 g/mol. The number of rotatable bonds is 5. The van der Waals surface area contributed by atoms with Crippen LogP contribution in [0.25, 0.3) is 5.82 Å². The summed E-state index contributed by atoms with van der Waals surface area (Å²) < 4.78 is 15.8. The van der Waals surface area contributed by atoms with Gasteiger partial charge in [0, 0.05) is 30.7 Å². The fraction of sp³-hybridized carbons (Fsp3) is 0.385.